The molecule has 1 rings (SSSR count). The van der Waals surface area contributed by atoms with Gasteiger partial charge < -0.3 is 10.1 Å². The van der Waals surface area contributed by atoms with E-state index in [1.807, 2.05) is 33.0 Å². The predicted octanol–water partition coefficient (Wildman–Crippen LogP) is 0.603. The number of nitrogens with zero attached hydrogens (tertiary/aromatic N) is 4. The highest BCUT2D eigenvalue weighted by Gasteiger charge is 2.12. The summed E-state index contributed by atoms with van der Waals surface area (Å²) in [6, 6.07) is 0. The van der Waals surface area contributed by atoms with Crippen molar-refractivity contribution in [2.75, 3.05) is 19.0 Å². The van der Waals surface area contributed by atoms with Crippen LogP contribution < -0.4 is 4.90 Å². The van der Waals surface area contributed by atoms with Crippen LogP contribution in [0.25, 0.3) is 0 Å². The van der Waals surface area contributed by atoms with Gasteiger partial charge >= 0.3 is 0 Å². The number of hydrogen-bond acceptors (Lipinski definition) is 4. The first-order valence-corrected chi connectivity index (χ1v) is 3.96. The molecule has 0 aliphatic heterocycles. The van der Waals surface area contributed by atoms with Gasteiger partial charge in [-0.2, -0.15) is 5.10 Å². The number of rotatable bonds is 2. The third kappa shape index (κ3) is 1.63. The SMILES string of the molecule is Cc1nn(C)c(N(C)C)c1C=NO. The summed E-state index contributed by atoms with van der Waals surface area (Å²) in [6.45, 7) is 1.88. The minimum absolute atomic E-state index is 0.843. The fraction of sp³-hybridized carbons (Fsp3) is 0.500. The van der Waals surface area contributed by atoms with E-state index in [0.29, 0.717) is 0 Å². The standard InChI is InChI=1S/C8H14N4O/c1-6-7(5-9-13)8(11(2)3)12(4)10-6/h5,13H,1-4H3. The average Bonchev–Trinajstić information content (AvgIpc) is 2.27. The van der Waals surface area contributed by atoms with Crippen LogP contribution in [0.2, 0.25) is 0 Å². The molecule has 5 nitrogen and oxygen atoms in total. The third-order valence-electron chi connectivity index (χ3n) is 1.85. The van der Waals surface area contributed by atoms with Gasteiger partial charge in [-0.15, -0.1) is 0 Å². The topological polar surface area (TPSA) is 53.7 Å². The van der Waals surface area contributed by atoms with E-state index >= 15 is 0 Å². The number of aromatic nitrogens is 2. The summed E-state index contributed by atoms with van der Waals surface area (Å²) < 4.78 is 1.76. The Labute approximate surface area is 77.3 Å². The van der Waals surface area contributed by atoms with Crippen LogP contribution >= 0.6 is 0 Å². The summed E-state index contributed by atoms with van der Waals surface area (Å²) in [5.41, 5.74) is 1.69. The van der Waals surface area contributed by atoms with Gasteiger partial charge in [0.2, 0.25) is 0 Å². The molecule has 0 bridgehead atoms. The first-order chi connectivity index (χ1) is 6.07. The monoisotopic (exact) mass is 182 g/mol. The maximum Gasteiger partial charge on any atom is 0.135 e. The summed E-state index contributed by atoms with van der Waals surface area (Å²) in [4.78, 5) is 1.93. The first kappa shape index (κ1) is 9.57. The normalized spacial score (nSPS) is 11.1. The average molecular weight is 182 g/mol. The van der Waals surface area contributed by atoms with Gasteiger partial charge in [-0.1, -0.05) is 5.16 Å². The number of oxime groups is 1. The molecule has 0 spiro atoms. The van der Waals surface area contributed by atoms with Gasteiger partial charge in [0, 0.05) is 21.1 Å². The molecule has 0 aliphatic rings. The van der Waals surface area contributed by atoms with Crippen molar-refractivity contribution < 1.29 is 5.21 Å². The van der Waals surface area contributed by atoms with E-state index in [1.54, 1.807) is 4.68 Å². The van der Waals surface area contributed by atoms with E-state index in [1.165, 1.54) is 6.21 Å². The number of hydrogen-bond donors (Lipinski definition) is 1. The Balaban J connectivity index is 3.29. The van der Waals surface area contributed by atoms with Gasteiger partial charge in [0.15, 0.2) is 0 Å². The van der Waals surface area contributed by atoms with Gasteiger partial charge in [-0.05, 0) is 6.92 Å². The van der Waals surface area contributed by atoms with Crippen molar-refractivity contribution in [2.24, 2.45) is 12.2 Å². The molecule has 1 N–H and O–H groups in total. The molecule has 0 atom stereocenters. The third-order valence-corrected chi connectivity index (χ3v) is 1.85. The Kier molecular flexibility index (Phi) is 2.55. The van der Waals surface area contributed by atoms with E-state index in [0.717, 1.165) is 17.1 Å². The molecule has 0 saturated carbocycles. The lowest BCUT2D eigenvalue weighted by molar-refractivity contribution is 0.322. The van der Waals surface area contributed by atoms with Gasteiger partial charge in [-0.25, -0.2) is 0 Å². The van der Waals surface area contributed by atoms with Crippen molar-refractivity contribution in [3.63, 3.8) is 0 Å². The minimum Gasteiger partial charge on any atom is -0.411 e. The van der Waals surface area contributed by atoms with Crippen LogP contribution in [0.15, 0.2) is 5.16 Å². The largest absolute Gasteiger partial charge is 0.411 e. The molecule has 5 heteroatoms. The molecule has 1 aromatic rings. The van der Waals surface area contributed by atoms with E-state index < -0.39 is 0 Å². The molecule has 1 aromatic heterocycles. The molecule has 0 saturated heterocycles. The summed E-state index contributed by atoms with van der Waals surface area (Å²) in [6.07, 6.45) is 1.40. The maximum absolute atomic E-state index is 8.47. The second kappa shape index (κ2) is 3.47. The van der Waals surface area contributed by atoms with Crippen LogP contribution in [0, 0.1) is 6.92 Å². The van der Waals surface area contributed by atoms with Crippen molar-refractivity contribution >= 4 is 12.0 Å². The van der Waals surface area contributed by atoms with Crippen LogP contribution in [0.3, 0.4) is 0 Å². The van der Waals surface area contributed by atoms with Crippen LogP contribution in [0.5, 0.6) is 0 Å². The van der Waals surface area contributed by atoms with Crippen LogP contribution in [0.1, 0.15) is 11.3 Å². The molecule has 0 radical (unpaired) electrons. The Hall–Kier alpha value is -1.52. The number of aryl methyl sites for hydroxylation is 2. The smallest absolute Gasteiger partial charge is 0.135 e. The predicted molar refractivity (Wildman–Crippen MR) is 51.7 cm³/mol. The van der Waals surface area contributed by atoms with Gasteiger partial charge in [0.25, 0.3) is 0 Å². The zero-order chi connectivity index (χ0) is 10.0. The summed E-state index contributed by atoms with van der Waals surface area (Å²) in [5, 5.41) is 15.7. The lowest BCUT2D eigenvalue weighted by atomic mass is 10.2. The highest BCUT2D eigenvalue weighted by molar-refractivity contribution is 5.87. The van der Waals surface area contributed by atoms with Crippen molar-refractivity contribution in [1.82, 2.24) is 9.78 Å². The molecule has 0 aromatic carbocycles. The first-order valence-electron chi connectivity index (χ1n) is 3.96. The molecule has 0 aliphatic carbocycles. The van der Waals surface area contributed by atoms with Crippen molar-refractivity contribution in [1.29, 1.82) is 0 Å². The van der Waals surface area contributed by atoms with Gasteiger partial charge in [0.05, 0.1) is 17.5 Å². The van der Waals surface area contributed by atoms with Gasteiger partial charge in [0.1, 0.15) is 5.82 Å². The van der Waals surface area contributed by atoms with Crippen LogP contribution in [-0.2, 0) is 7.05 Å². The van der Waals surface area contributed by atoms with E-state index in [-0.39, 0.29) is 0 Å². The molecular formula is C8H14N4O. The summed E-state index contributed by atoms with van der Waals surface area (Å²) in [5.74, 6) is 0.926. The van der Waals surface area contributed by atoms with E-state index in [4.69, 9.17) is 5.21 Å². The van der Waals surface area contributed by atoms with Crippen LogP contribution in [-0.4, -0.2) is 35.3 Å². The molecule has 13 heavy (non-hydrogen) atoms. The van der Waals surface area contributed by atoms with Crippen molar-refractivity contribution in [3.05, 3.63) is 11.3 Å². The summed E-state index contributed by atoms with van der Waals surface area (Å²) >= 11 is 0. The fourth-order valence-corrected chi connectivity index (χ4v) is 1.40. The molecule has 0 unspecified atom stereocenters. The quantitative estimate of drug-likeness (QED) is 0.414. The lowest BCUT2D eigenvalue weighted by Gasteiger charge is -2.13. The van der Waals surface area contributed by atoms with Gasteiger partial charge in [-0.3, -0.25) is 4.68 Å². The molecular weight excluding hydrogens is 168 g/mol. The highest BCUT2D eigenvalue weighted by atomic mass is 16.4. The Morgan fingerprint density at radius 1 is 1.54 bits per heavy atom. The van der Waals surface area contributed by atoms with Crippen molar-refractivity contribution in [3.8, 4) is 0 Å². The second-order valence-corrected chi connectivity index (χ2v) is 3.09. The lowest BCUT2D eigenvalue weighted by Crippen LogP contribution is -2.14. The Bertz CT molecular complexity index is 327. The molecule has 1 heterocycles. The zero-order valence-electron chi connectivity index (χ0n) is 8.31. The highest BCUT2D eigenvalue weighted by Crippen LogP contribution is 2.18. The second-order valence-electron chi connectivity index (χ2n) is 3.09. The maximum atomic E-state index is 8.47. The Morgan fingerprint density at radius 3 is 2.62 bits per heavy atom. The number of anilines is 1. The summed E-state index contributed by atoms with van der Waals surface area (Å²) in [7, 11) is 5.70. The van der Waals surface area contributed by atoms with Crippen molar-refractivity contribution in [2.45, 2.75) is 6.92 Å². The Morgan fingerprint density at radius 2 is 2.15 bits per heavy atom. The van der Waals surface area contributed by atoms with E-state index in [2.05, 4.69) is 10.3 Å². The zero-order valence-corrected chi connectivity index (χ0v) is 8.31. The fourth-order valence-electron chi connectivity index (χ4n) is 1.40. The van der Waals surface area contributed by atoms with Crippen LogP contribution in [0.4, 0.5) is 5.82 Å². The minimum atomic E-state index is 0.843. The molecule has 72 valence electrons. The molecule has 0 fully saturated rings. The molecule has 0 amide bonds. The van der Waals surface area contributed by atoms with E-state index in [9.17, 15) is 0 Å².